The van der Waals surface area contributed by atoms with E-state index in [1.807, 2.05) is 42.5 Å². The van der Waals surface area contributed by atoms with Gasteiger partial charge in [0.05, 0.1) is 23.6 Å². The highest BCUT2D eigenvalue weighted by Crippen LogP contribution is 2.26. The van der Waals surface area contributed by atoms with Crippen LogP contribution in [0.3, 0.4) is 0 Å². The highest BCUT2D eigenvalue weighted by Gasteiger charge is 2.28. The predicted octanol–water partition coefficient (Wildman–Crippen LogP) is 3.12. The van der Waals surface area contributed by atoms with Gasteiger partial charge in [-0.25, -0.2) is 8.42 Å². The number of carbonyl (C=O) groups is 1. The van der Waals surface area contributed by atoms with E-state index in [-0.39, 0.29) is 30.5 Å². The molecule has 1 aromatic heterocycles. The molecule has 6 nitrogen and oxygen atoms in total. The molecule has 0 spiro atoms. The van der Waals surface area contributed by atoms with Gasteiger partial charge in [0, 0.05) is 29.9 Å². The number of rotatable bonds is 4. The molecule has 0 atom stereocenters. The van der Waals surface area contributed by atoms with Gasteiger partial charge in [-0.1, -0.05) is 54.1 Å². The summed E-state index contributed by atoms with van der Waals surface area (Å²) < 4.78 is 25.2. The van der Waals surface area contributed by atoms with E-state index in [0.29, 0.717) is 22.8 Å². The van der Waals surface area contributed by atoms with E-state index < -0.39 is 9.84 Å². The van der Waals surface area contributed by atoms with Crippen LogP contribution in [0.25, 0.3) is 11.3 Å². The van der Waals surface area contributed by atoms with Crippen LogP contribution < -0.4 is 0 Å². The van der Waals surface area contributed by atoms with Gasteiger partial charge in [-0.2, -0.15) is 5.10 Å². The number of carbonyl (C=O) groups excluding carboxylic acids is 1. The zero-order valence-electron chi connectivity index (χ0n) is 15.7. The Morgan fingerprint density at radius 3 is 2.31 bits per heavy atom. The monoisotopic (exact) mass is 429 g/mol. The maximum absolute atomic E-state index is 13.2. The third kappa shape index (κ3) is 4.52. The molecule has 0 aliphatic carbocycles. The van der Waals surface area contributed by atoms with Crippen molar-refractivity contribution in [3.8, 4) is 11.3 Å². The van der Waals surface area contributed by atoms with Crippen LogP contribution in [0, 0.1) is 0 Å². The summed E-state index contributed by atoms with van der Waals surface area (Å²) in [7, 11) is -3.06. The van der Waals surface area contributed by atoms with E-state index in [1.54, 1.807) is 27.9 Å². The van der Waals surface area contributed by atoms with Crippen molar-refractivity contribution in [1.29, 1.82) is 0 Å². The number of hydrogen-bond donors (Lipinski definition) is 0. The Bertz CT molecular complexity index is 1110. The third-order valence-corrected chi connectivity index (χ3v) is 6.79. The summed E-state index contributed by atoms with van der Waals surface area (Å²) in [5.74, 6) is -0.218. The molecule has 0 unspecified atom stereocenters. The van der Waals surface area contributed by atoms with E-state index in [0.717, 1.165) is 11.1 Å². The van der Waals surface area contributed by atoms with Gasteiger partial charge in [0.2, 0.25) is 0 Å². The Hall–Kier alpha value is -2.64. The Kier molecular flexibility index (Phi) is 5.43. The first-order valence-corrected chi connectivity index (χ1v) is 11.5. The quantitative estimate of drug-likeness (QED) is 0.638. The molecular formula is C21H20ClN3O3S. The predicted molar refractivity (Wildman–Crippen MR) is 113 cm³/mol. The molecule has 4 rings (SSSR count). The van der Waals surface area contributed by atoms with E-state index in [4.69, 9.17) is 11.6 Å². The summed E-state index contributed by atoms with van der Waals surface area (Å²) in [4.78, 5) is 14.8. The summed E-state index contributed by atoms with van der Waals surface area (Å²) in [6.07, 6.45) is 1.74. The molecule has 1 saturated heterocycles. The molecule has 0 radical (unpaired) electrons. The Labute approximate surface area is 174 Å². The number of aromatic nitrogens is 2. The minimum Gasteiger partial charge on any atom is -0.336 e. The van der Waals surface area contributed by atoms with Gasteiger partial charge in [-0.3, -0.25) is 9.48 Å². The summed E-state index contributed by atoms with van der Waals surface area (Å²) in [5, 5.41) is 5.26. The molecule has 2 aromatic carbocycles. The fourth-order valence-corrected chi connectivity index (χ4v) is 4.66. The van der Waals surface area contributed by atoms with E-state index in [9.17, 15) is 13.2 Å². The molecule has 0 bridgehead atoms. The van der Waals surface area contributed by atoms with Gasteiger partial charge < -0.3 is 4.90 Å². The van der Waals surface area contributed by atoms with Crippen molar-refractivity contribution in [2.75, 3.05) is 24.6 Å². The van der Waals surface area contributed by atoms with E-state index in [2.05, 4.69) is 5.10 Å². The number of benzene rings is 2. The largest absolute Gasteiger partial charge is 0.336 e. The van der Waals surface area contributed by atoms with Crippen molar-refractivity contribution < 1.29 is 13.2 Å². The molecule has 1 aliphatic heterocycles. The summed E-state index contributed by atoms with van der Waals surface area (Å²) in [6, 6.07) is 17.0. The summed E-state index contributed by atoms with van der Waals surface area (Å²) in [5.41, 5.74) is 2.88. The number of hydrogen-bond acceptors (Lipinski definition) is 4. The smallest absolute Gasteiger partial charge is 0.257 e. The fraction of sp³-hybridized carbons (Fsp3) is 0.238. The van der Waals surface area contributed by atoms with Crippen LogP contribution in [0.2, 0.25) is 5.02 Å². The average Bonchev–Trinajstić information content (AvgIpc) is 3.12. The number of nitrogens with zero attached hydrogens (tertiary/aromatic N) is 3. The second kappa shape index (κ2) is 8.00. The minimum absolute atomic E-state index is 0.00678. The van der Waals surface area contributed by atoms with E-state index in [1.165, 1.54) is 0 Å². The molecule has 1 amide bonds. The van der Waals surface area contributed by atoms with Crippen LogP contribution in [0.15, 0.2) is 60.8 Å². The lowest BCUT2D eigenvalue weighted by Crippen LogP contribution is -2.43. The van der Waals surface area contributed by atoms with Crippen LogP contribution in [0.4, 0.5) is 0 Å². The average molecular weight is 430 g/mol. The van der Waals surface area contributed by atoms with Gasteiger partial charge in [-0.05, 0) is 17.7 Å². The van der Waals surface area contributed by atoms with Gasteiger partial charge in [0.15, 0.2) is 9.84 Å². The maximum atomic E-state index is 13.2. The Morgan fingerprint density at radius 1 is 1.00 bits per heavy atom. The number of amides is 1. The lowest BCUT2D eigenvalue weighted by Gasteiger charge is -2.26. The Balaban J connectivity index is 1.68. The highest BCUT2D eigenvalue weighted by molar-refractivity contribution is 7.91. The van der Waals surface area contributed by atoms with E-state index >= 15 is 0 Å². The lowest BCUT2D eigenvalue weighted by atomic mass is 10.1. The standard InChI is InChI=1S/C21H20ClN3O3S/c22-18-8-6-17(7-9-18)20-19(21(26)24-10-12-29(27,28)13-11-24)15-25(23-20)14-16-4-2-1-3-5-16/h1-9,15H,10-14H2. The minimum atomic E-state index is -3.06. The Morgan fingerprint density at radius 2 is 1.66 bits per heavy atom. The van der Waals surface area contributed by atoms with Crippen molar-refractivity contribution in [1.82, 2.24) is 14.7 Å². The molecule has 150 valence electrons. The van der Waals surface area contributed by atoms with Crippen LogP contribution >= 0.6 is 11.6 Å². The molecular weight excluding hydrogens is 410 g/mol. The maximum Gasteiger partial charge on any atom is 0.257 e. The molecule has 8 heteroatoms. The topological polar surface area (TPSA) is 72.3 Å². The molecule has 0 saturated carbocycles. The lowest BCUT2D eigenvalue weighted by molar-refractivity contribution is 0.0771. The van der Waals surface area contributed by atoms with Crippen LogP contribution in [0.5, 0.6) is 0 Å². The van der Waals surface area contributed by atoms with Crippen molar-refractivity contribution in [2.24, 2.45) is 0 Å². The van der Waals surface area contributed by atoms with Gasteiger partial charge in [0.1, 0.15) is 5.69 Å². The highest BCUT2D eigenvalue weighted by atomic mass is 35.5. The first-order chi connectivity index (χ1) is 13.9. The summed E-state index contributed by atoms with van der Waals surface area (Å²) >= 11 is 6.00. The summed E-state index contributed by atoms with van der Waals surface area (Å²) in [6.45, 7) is 0.930. The molecule has 1 fully saturated rings. The normalized spacial score (nSPS) is 16.0. The first-order valence-electron chi connectivity index (χ1n) is 9.28. The second-order valence-electron chi connectivity index (χ2n) is 7.03. The second-order valence-corrected chi connectivity index (χ2v) is 9.77. The fourth-order valence-electron chi connectivity index (χ4n) is 3.34. The molecule has 1 aliphatic rings. The molecule has 3 aromatic rings. The SMILES string of the molecule is O=C(c1cn(Cc2ccccc2)nc1-c1ccc(Cl)cc1)N1CCS(=O)(=O)CC1. The van der Waals surface area contributed by atoms with Gasteiger partial charge in [-0.15, -0.1) is 0 Å². The number of halogens is 1. The molecule has 0 N–H and O–H groups in total. The van der Waals surface area contributed by atoms with Crippen molar-refractivity contribution in [2.45, 2.75) is 6.54 Å². The molecule has 2 heterocycles. The van der Waals surface area contributed by atoms with Crippen molar-refractivity contribution in [3.05, 3.63) is 76.9 Å². The molecule has 29 heavy (non-hydrogen) atoms. The third-order valence-electron chi connectivity index (χ3n) is 4.93. The number of sulfone groups is 1. The zero-order chi connectivity index (χ0) is 20.4. The van der Waals surface area contributed by atoms with Crippen molar-refractivity contribution >= 4 is 27.3 Å². The zero-order valence-corrected chi connectivity index (χ0v) is 17.2. The first kappa shape index (κ1) is 19.7. The van der Waals surface area contributed by atoms with Gasteiger partial charge >= 0.3 is 0 Å². The van der Waals surface area contributed by atoms with Crippen LogP contribution in [-0.4, -0.2) is 53.6 Å². The van der Waals surface area contributed by atoms with Crippen LogP contribution in [-0.2, 0) is 16.4 Å². The van der Waals surface area contributed by atoms with Crippen molar-refractivity contribution in [3.63, 3.8) is 0 Å². The van der Waals surface area contributed by atoms with Gasteiger partial charge in [0.25, 0.3) is 5.91 Å². The van der Waals surface area contributed by atoms with Crippen LogP contribution in [0.1, 0.15) is 15.9 Å².